The number of rotatable bonds is 2. The molecule has 0 aromatic heterocycles. The summed E-state index contributed by atoms with van der Waals surface area (Å²) in [5, 5.41) is 10.7. The van der Waals surface area contributed by atoms with Crippen LogP contribution in [0.5, 0.6) is 0 Å². The molecule has 0 N–H and O–H groups in total. The van der Waals surface area contributed by atoms with Crippen molar-refractivity contribution in [3.05, 3.63) is 34.1 Å². The summed E-state index contributed by atoms with van der Waals surface area (Å²) in [6.45, 7) is 4.13. The smallest absolute Gasteiger partial charge is 0.304 e. The largest absolute Gasteiger partial charge is 0.371 e. The number of nitro benzene ring substituents is 1. The average molecular weight is 307 g/mol. The Hall–Kier alpha value is -1.69. The van der Waals surface area contributed by atoms with Gasteiger partial charge < -0.3 is 9.80 Å². The van der Waals surface area contributed by atoms with Gasteiger partial charge in [-0.3, -0.25) is 10.1 Å². The first-order valence-corrected chi connectivity index (χ1v) is 7.87. The molecule has 0 saturated carbocycles. The standard InChI is InChI=1S/C16H22FN3O2/c1-18-8-4-16(5-9-18)6-10-19(11-7-16)13-2-3-15(20(21)22)14(17)12-13/h2-3,12H,4-11H2,1H3. The number of hydrogen-bond acceptors (Lipinski definition) is 4. The van der Waals surface area contributed by atoms with Crippen molar-refractivity contribution in [2.45, 2.75) is 25.7 Å². The lowest BCUT2D eigenvalue weighted by atomic mass is 9.71. The van der Waals surface area contributed by atoms with Gasteiger partial charge in [0.15, 0.2) is 0 Å². The minimum atomic E-state index is -0.748. The van der Waals surface area contributed by atoms with Crippen LogP contribution in [-0.4, -0.2) is 43.0 Å². The number of piperidine rings is 2. The molecule has 2 saturated heterocycles. The van der Waals surface area contributed by atoms with Gasteiger partial charge in [-0.25, -0.2) is 0 Å². The molecule has 2 fully saturated rings. The van der Waals surface area contributed by atoms with Gasteiger partial charge in [0.1, 0.15) is 0 Å². The van der Waals surface area contributed by atoms with E-state index in [0.717, 1.165) is 44.7 Å². The van der Waals surface area contributed by atoms with Crippen molar-refractivity contribution in [3.8, 4) is 0 Å². The van der Waals surface area contributed by atoms with Gasteiger partial charge in [0, 0.05) is 30.9 Å². The Morgan fingerprint density at radius 2 is 1.73 bits per heavy atom. The normalized spacial score (nSPS) is 22.0. The lowest BCUT2D eigenvalue weighted by molar-refractivity contribution is -0.387. The Morgan fingerprint density at radius 1 is 1.14 bits per heavy atom. The number of anilines is 1. The predicted molar refractivity (Wildman–Crippen MR) is 83.7 cm³/mol. The van der Waals surface area contributed by atoms with Gasteiger partial charge in [-0.15, -0.1) is 0 Å². The van der Waals surface area contributed by atoms with E-state index in [2.05, 4.69) is 16.8 Å². The maximum absolute atomic E-state index is 13.8. The highest BCUT2D eigenvalue weighted by atomic mass is 19.1. The molecule has 2 aliphatic rings. The number of benzene rings is 1. The van der Waals surface area contributed by atoms with Gasteiger partial charge in [0.2, 0.25) is 5.82 Å². The first kappa shape index (κ1) is 15.2. The molecular weight excluding hydrogens is 285 g/mol. The number of nitro groups is 1. The number of halogens is 1. The van der Waals surface area contributed by atoms with E-state index in [-0.39, 0.29) is 0 Å². The summed E-state index contributed by atoms with van der Waals surface area (Å²) >= 11 is 0. The van der Waals surface area contributed by atoms with Gasteiger partial charge in [-0.05, 0) is 57.3 Å². The van der Waals surface area contributed by atoms with Crippen molar-refractivity contribution in [1.82, 2.24) is 4.90 Å². The lowest BCUT2D eigenvalue weighted by Gasteiger charge is -2.46. The highest BCUT2D eigenvalue weighted by molar-refractivity contribution is 5.52. The summed E-state index contributed by atoms with van der Waals surface area (Å²) in [7, 11) is 2.17. The van der Waals surface area contributed by atoms with Gasteiger partial charge >= 0.3 is 5.69 Å². The monoisotopic (exact) mass is 307 g/mol. The third-order valence-electron chi connectivity index (χ3n) is 5.36. The molecule has 2 heterocycles. The van der Waals surface area contributed by atoms with E-state index >= 15 is 0 Å². The van der Waals surface area contributed by atoms with Crippen LogP contribution in [0.25, 0.3) is 0 Å². The van der Waals surface area contributed by atoms with Crippen LogP contribution >= 0.6 is 0 Å². The third kappa shape index (κ3) is 2.92. The van der Waals surface area contributed by atoms with Crippen molar-refractivity contribution in [3.63, 3.8) is 0 Å². The molecule has 3 rings (SSSR count). The van der Waals surface area contributed by atoms with Crippen molar-refractivity contribution < 1.29 is 9.31 Å². The Balaban J connectivity index is 1.66. The van der Waals surface area contributed by atoms with Gasteiger partial charge in [0.25, 0.3) is 0 Å². The molecule has 0 atom stereocenters. The summed E-state index contributed by atoms with van der Waals surface area (Å²) < 4.78 is 13.8. The Bertz CT molecular complexity index is 561. The van der Waals surface area contributed by atoms with Crippen molar-refractivity contribution >= 4 is 11.4 Å². The second-order valence-corrected chi connectivity index (χ2v) is 6.68. The minimum Gasteiger partial charge on any atom is -0.371 e. The topological polar surface area (TPSA) is 49.6 Å². The molecule has 0 bridgehead atoms. The van der Waals surface area contributed by atoms with Crippen LogP contribution in [0.2, 0.25) is 0 Å². The predicted octanol–water partition coefficient (Wildman–Crippen LogP) is 3.05. The number of nitrogens with zero attached hydrogens (tertiary/aromatic N) is 3. The quantitative estimate of drug-likeness (QED) is 0.622. The summed E-state index contributed by atoms with van der Waals surface area (Å²) in [6.07, 6.45) is 4.73. The molecule has 1 aromatic rings. The van der Waals surface area contributed by atoms with Gasteiger partial charge in [0.05, 0.1) is 4.92 Å². The molecule has 22 heavy (non-hydrogen) atoms. The number of likely N-dealkylation sites (tertiary alicyclic amines) is 1. The van der Waals surface area contributed by atoms with Crippen LogP contribution in [0.15, 0.2) is 18.2 Å². The minimum absolute atomic E-state index is 0.447. The Kier molecular flexibility index (Phi) is 4.04. The van der Waals surface area contributed by atoms with Crippen molar-refractivity contribution in [2.24, 2.45) is 5.41 Å². The fourth-order valence-electron chi connectivity index (χ4n) is 3.67. The maximum Gasteiger partial charge on any atom is 0.304 e. The fraction of sp³-hybridized carbons (Fsp3) is 0.625. The average Bonchev–Trinajstić information content (AvgIpc) is 2.51. The maximum atomic E-state index is 13.8. The zero-order valence-corrected chi connectivity index (χ0v) is 12.9. The van der Waals surface area contributed by atoms with E-state index in [1.165, 1.54) is 25.0 Å². The summed E-state index contributed by atoms with van der Waals surface area (Å²) in [5.74, 6) is -0.748. The molecule has 1 spiro atoms. The van der Waals surface area contributed by atoms with Crippen LogP contribution < -0.4 is 4.90 Å². The summed E-state index contributed by atoms with van der Waals surface area (Å²) in [6, 6.07) is 4.23. The van der Waals surface area contributed by atoms with E-state index in [4.69, 9.17) is 0 Å². The molecule has 2 aliphatic heterocycles. The number of hydrogen-bond donors (Lipinski definition) is 0. The zero-order valence-electron chi connectivity index (χ0n) is 12.9. The van der Waals surface area contributed by atoms with Crippen LogP contribution in [0.3, 0.4) is 0 Å². The molecule has 1 aromatic carbocycles. The zero-order chi connectivity index (χ0) is 15.7. The van der Waals surface area contributed by atoms with Gasteiger partial charge in [-0.2, -0.15) is 4.39 Å². The molecular formula is C16H22FN3O2. The van der Waals surface area contributed by atoms with Gasteiger partial charge in [-0.1, -0.05) is 0 Å². The second kappa shape index (κ2) is 5.83. The molecule has 0 radical (unpaired) electrons. The van der Waals surface area contributed by atoms with Crippen molar-refractivity contribution in [1.29, 1.82) is 0 Å². The highest BCUT2D eigenvalue weighted by Gasteiger charge is 2.37. The summed E-state index contributed by atoms with van der Waals surface area (Å²) in [4.78, 5) is 14.5. The van der Waals surface area contributed by atoms with E-state index < -0.39 is 16.4 Å². The Labute approximate surface area is 129 Å². The van der Waals surface area contributed by atoms with Crippen LogP contribution in [0, 0.1) is 21.3 Å². The molecule has 0 unspecified atom stereocenters. The van der Waals surface area contributed by atoms with Crippen LogP contribution in [-0.2, 0) is 0 Å². The lowest BCUT2D eigenvalue weighted by Crippen LogP contribution is -2.46. The van der Waals surface area contributed by atoms with Crippen molar-refractivity contribution in [2.75, 3.05) is 38.1 Å². The first-order valence-electron chi connectivity index (χ1n) is 7.87. The third-order valence-corrected chi connectivity index (χ3v) is 5.36. The molecule has 6 heteroatoms. The second-order valence-electron chi connectivity index (χ2n) is 6.68. The molecule has 120 valence electrons. The SMILES string of the molecule is CN1CCC2(CC1)CCN(c1ccc([N+](=O)[O-])c(F)c1)CC2. The molecule has 0 amide bonds. The van der Waals surface area contributed by atoms with E-state index in [1.807, 2.05) is 0 Å². The summed E-state index contributed by atoms with van der Waals surface area (Å²) in [5.41, 5.74) is 0.751. The van der Waals surface area contributed by atoms with Crippen LogP contribution in [0.1, 0.15) is 25.7 Å². The first-order chi connectivity index (χ1) is 10.5. The Morgan fingerprint density at radius 3 is 2.27 bits per heavy atom. The van der Waals surface area contributed by atoms with Crippen LogP contribution in [0.4, 0.5) is 15.8 Å². The highest BCUT2D eigenvalue weighted by Crippen LogP contribution is 2.42. The van der Waals surface area contributed by atoms with E-state index in [0.29, 0.717) is 5.41 Å². The molecule has 0 aliphatic carbocycles. The fourth-order valence-corrected chi connectivity index (χ4v) is 3.67. The molecule has 5 nitrogen and oxygen atoms in total. The van der Waals surface area contributed by atoms with E-state index in [9.17, 15) is 14.5 Å². The van der Waals surface area contributed by atoms with E-state index in [1.54, 1.807) is 6.07 Å².